The number of ether oxygens (including phenoxy) is 4. The third-order valence-electron chi connectivity index (χ3n) is 5.07. The van der Waals surface area contributed by atoms with Gasteiger partial charge in [0.05, 0.1) is 41.7 Å². The maximum atomic E-state index is 12.9. The van der Waals surface area contributed by atoms with E-state index in [9.17, 15) is 13.5 Å². The standard InChI is InChI=1S/C19H30O8S/c1-24-18(25-2)10-16-15(12-28(22,23)14-7-5-4-6-8-14)19(26-3)17(27-16)9-13(21)11-20/h4-8,13,15-21H,9-12H2,1-3H3/t13?,15?,16-,17+,19+/m0/s1. The summed E-state index contributed by atoms with van der Waals surface area (Å²) in [6.07, 6.45) is -2.71. The van der Waals surface area contributed by atoms with E-state index in [2.05, 4.69) is 0 Å². The zero-order valence-electron chi connectivity index (χ0n) is 16.4. The maximum Gasteiger partial charge on any atom is 0.178 e. The van der Waals surface area contributed by atoms with E-state index in [0.717, 1.165) is 0 Å². The summed E-state index contributed by atoms with van der Waals surface area (Å²) in [6.45, 7) is -0.410. The molecular formula is C19H30O8S. The second kappa shape index (κ2) is 10.6. The van der Waals surface area contributed by atoms with E-state index >= 15 is 0 Å². The number of rotatable bonds is 11. The normalized spacial score (nSPS) is 26.6. The zero-order valence-corrected chi connectivity index (χ0v) is 17.2. The van der Waals surface area contributed by atoms with Crippen molar-refractivity contribution in [2.45, 2.75) is 48.4 Å². The van der Waals surface area contributed by atoms with Crippen LogP contribution in [0.3, 0.4) is 0 Å². The Morgan fingerprint density at radius 3 is 2.25 bits per heavy atom. The second-order valence-electron chi connectivity index (χ2n) is 6.88. The van der Waals surface area contributed by atoms with Crippen molar-refractivity contribution in [2.75, 3.05) is 33.7 Å². The Labute approximate surface area is 166 Å². The molecule has 9 heteroatoms. The van der Waals surface area contributed by atoms with E-state index < -0.39 is 53.1 Å². The highest BCUT2D eigenvalue weighted by Crippen LogP contribution is 2.36. The third kappa shape index (κ3) is 5.73. The van der Waals surface area contributed by atoms with Crippen molar-refractivity contribution in [3.63, 3.8) is 0 Å². The van der Waals surface area contributed by atoms with Crippen LogP contribution in [-0.4, -0.2) is 83.0 Å². The van der Waals surface area contributed by atoms with Crippen molar-refractivity contribution in [3.8, 4) is 0 Å². The summed E-state index contributed by atoms with van der Waals surface area (Å²) in [6, 6.07) is 8.22. The molecule has 0 radical (unpaired) electrons. The minimum atomic E-state index is -3.58. The molecule has 0 bridgehead atoms. The first-order valence-corrected chi connectivity index (χ1v) is 10.8. The molecule has 0 spiro atoms. The minimum absolute atomic E-state index is 0.137. The molecule has 160 valence electrons. The zero-order chi connectivity index (χ0) is 20.7. The van der Waals surface area contributed by atoms with Crippen molar-refractivity contribution in [1.82, 2.24) is 0 Å². The van der Waals surface area contributed by atoms with Gasteiger partial charge in [-0.15, -0.1) is 0 Å². The first-order chi connectivity index (χ1) is 13.4. The van der Waals surface area contributed by atoms with Gasteiger partial charge in [-0.05, 0) is 12.1 Å². The van der Waals surface area contributed by atoms with E-state index in [4.69, 9.17) is 24.1 Å². The van der Waals surface area contributed by atoms with Gasteiger partial charge in [0.2, 0.25) is 0 Å². The minimum Gasteiger partial charge on any atom is -0.394 e. The SMILES string of the molecule is COC(C[C@@H]1O[C@H](CC(O)CO)[C@H](OC)C1CS(=O)(=O)c1ccccc1)OC. The Kier molecular flexibility index (Phi) is 8.81. The topological polar surface area (TPSA) is 112 Å². The van der Waals surface area contributed by atoms with Gasteiger partial charge in [0, 0.05) is 40.1 Å². The molecule has 1 heterocycles. The molecule has 1 aromatic carbocycles. The molecule has 1 aliphatic rings. The van der Waals surface area contributed by atoms with E-state index in [1.807, 2.05) is 0 Å². The van der Waals surface area contributed by atoms with E-state index in [1.165, 1.54) is 21.3 Å². The van der Waals surface area contributed by atoms with Gasteiger partial charge in [0.25, 0.3) is 0 Å². The molecular weight excluding hydrogens is 388 g/mol. The molecule has 0 saturated carbocycles. The highest BCUT2D eigenvalue weighted by molar-refractivity contribution is 7.91. The summed E-state index contributed by atoms with van der Waals surface area (Å²) in [4.78, 5) is 0.234. The van der Waals surface area contributed by atoms with Crippen LogP contribution < -0.4 is 0 Å². The number of aliphatic hydroxyl groups excluding tert-OH is 2. The number of hydrogen-bond donors (Lipinski definition) is 2. The average molecular weight is 419 g/mol. The Bertz CT molecular complexity index is 676. The molecule has 5 atom stereocenters. The van der Waals surface area contributed by atoms with Crippen LogP contribution in [0.25, 0.3) is 0 Å². The number of benzene rings is 1. The van der Waals surface area contributed by atoms with Crippen molar-refractivity contribution >= 4 is 9.84 Å². The van der Waals surface area contributed by atoms with Crippen molar-refractivity contribution in [2.24, 2.45) is 5.92 Å². The summed E-state index contributed by atoms with van der Waals surface area (Å²) in [5.74, 6) is -0.662. The van der Waals surface area contributed by atoms with Gasteiger partial charge in [0.1, 0.15) is 0 Å². The summed E-state index contributed by atoms with van der Waals surface area (Å²) < 4.78 is 48.0. The smallest absolute Gasteiger partial charge is 0.178 e. The largest absolute Gasteiger partial charge is 0.394 e. The third-order valence-corrected chi connectivity index (χ3v) is 6.88. The highest BCUT2D eigenvalue weighted by atomic mass is 32.2. The Morgan fingerprint density at radius 2 is 1.71 bits per heavy atom. The maximum absolute atomic E-state index is 12.9. The van der Waals surface area contributed by atoms with Crippen LogP contribution in [0.5, 0.6) is 0 Å². The predicted molar refractivity (Wildman–Crippen MR) is 102 cm³/mol. The van der Waals surface area contributed by atoms with Gasteiger partial charge in [-0.1, -0.05) is 18.2 Å². The number of hydrogen-bond acceptors (Lipinski definition) is 8. The molecule has 2 N–H and O–H groups in total. The Morgan fingerprint density at radius 1 is 1.07 bits per heavy atom. The molecule has 8 nitrogen and oxygen atoms in total. The van der Waals surface area contributed by atoms with Gasteiger partial charge in [-0.3, -0.25) is 0 Å². The fourth-order valence-corrected chi connectivity index (χ4v) is 5.31. The quantitative estimate of drug-likeness (QED) is 0.503. The molecule has 0 aromatic heterocycles. The van der Waals surface area contributed by atoms with Crippen LogP contribution in [-0.2, 0) is 28.8 Å². The lowest BCUT2D eigenvalue weighted by molar-refractivity contribution is -0.132. The van der Waals surface area contributed by atoms with Crippen LogP contribution in [0.1, 0.15) is 12.8 Å². The molecule has 1 fully saturated rings. The van der Waals surface area contributed by atoms with Crippen LogP contribution in [0.4, 0.5) is 0 Å². The van der Waals surface area contributed by atoms with Gasteiger partial charge in [0.15, 0.2) is 16.1 Å². The molecule has 1 saturated heterocycles. The van der Waals surface area contributed by atoms with Crippen molar-refractivity contribution in [3.05, 3.63) is 30.3 Å². The average Bonchev–Trinajstić information content (AvgIpc) is 3.01. The number of sulfone groups is 1. The number of methoxy groups -OCH3 is 3. The van der Waals surface area contributed by atoms with Crippen LogP contribution in [0, 0.1) is 5.92 Å². The van der Waals surface area contributed by atoms with Crippen LogP contribution in [0.2, 0.25) is 0 Å². The van der Waals surface area contributed by atoms with E-state index in [1.54, 1.807) is 30.3 Å². The van der Waals surface area contributed by atoms with Gasteiger partial charge in [-0.2, -0.15) is 0 Å². The van der Waals surface area contributed by atoms with E-state index in [-0.39, 0.29) is 17.1 Å². The monoisotopic (exact) mass is 418 g/mol. The van der Waals surface area contributed by atoms with Crippen molar-refractivity contribution in [1.29, 1.82) is 0 Å². The summed E-state index contributed by atoms with van der Waals surface area (Å²) in [5, 5.41) is 19.0. The molecule has 28 heavy (non-hydrogen) atoms. The Balaban J connectivity index is 2.28. The predicted octanol–water partition coefficient (Wildman–Crippen LogP) is 0.611. The molecule has 0 amide bonds. The Hall–Kier alpha value is -1.07. The first-order valence-electron chi connectivity index (χ1n) is 9.16. The molecule has 2 rings (SSSR count). The first kappa shape index (κ1) is 23.2. The van der Waals surface area contributed by atoms with Crippen LogP contribution in [0.15, 0.2) is 35.2 Å². The molecule has 1 aromatic rings. The number of aliphatic hydroxyl groups is 2. The lowest BCUT2D eigenvalue weighted by atomic mass is 9.94. The fraction of sp³-hybridized carbons (Fsp3) is 0.684. The van der Waals surface area contributed by atoms with Gasteiger partial charge >= 0.3 is 0 Å². The van der Waals surface area contributed by atoms with Gasteiger partial charge < -0.3 is 29.2 Å². The second-order valence-corrected chi connectivity index (χ2v) is 8.91. The lowest BCUT2D eigenvalue weighted by Gasteiger charge is -2.25. The highest BCUT2D eigenvalue weighted by Gasteiger charge is 2.47. The van der Waals surface area contributed by atoms with E-state index in [0.29, 0.717) is 6.42 Å². The van der Waals surface area contributed by atoms with Gasteiger partial charge in [-0.25, -0.2) is 8.42 Å². The summed E-state index contributed by atoms with van der Waals surface area (Å²) >= 11 is 0. The fourth-order valence-electron chi connectivity index (χ4n) is 3.64. The van der Waals surface area contributed by atoms with Crippen LogP contribution >= 0.6 is 0 Å². The lowest BCUT2D eigenvalue weighted by Crippen LogP contribution is -2.37. The summed E-state index contributed by atoms with van der Waals surface area (Å²) in [7, 11) is 0.907. The molecule has 0 aliphatic carbocycles. The van der Waals surface area contributed by atoms with Crippen molar-refractivity contribution < 1.29 is 37.6 Å². The molecule has 2 unspecified atom stereocenters. The molecule has 1 aliphatic heterocycles. The summed E-state index contributed by atoms with van der Waals surface area (Å²) in [5.41, 5.74) is 0.